The quantitative estimate of drug-likeness (QED) is 0.438. The minimum absolute atomic E-state index is 0.170. The summed E-state index contributed by atoms with van der Waals surface area (Å²) in [5.74, 6) is 0.242. The minimum Gasteiger partial charge on any atom is -0.489 e. The predicted molar refractivity (Wildman–Crippen MR) is 139 cm³/mol. The van der Waals surface area contributed by atoms with Crippen LogP contribution in [0.3, 0.4) is 0 Å². The number of rotatable bonds is 7. The molecule has 1 aliphatic rings. The molecule has 0 aromatic heterocycles. The van der Waals surface area contributed by atoms with E-state index < -0.39 is 26.9 Å². The Bertz CT molecular complexity index is 1300. The van der Waals surface area contributed by atoms with Crippen LogP contribution in [0.5, 0.6) is 5.75 Å². The van der Waals surface area contributed by atoms with Crippen LogP contribution in [0, 0.1) is 11.3 Å². The van der Waals surface area contributed by atoms with E-state index in [1.165, 1.54) is 4.90 Å². The molecular weight excluding hydrogens is 533 g/mol. The van der Waals surface area contributed by atoms with E-state index in [0.717, 1.165) is 21.7 Å². The van der Waals surface area contributed by atoms with Gasteiger partial charge in [-0.05, 0) is 49.2 Å². The van der Waals surface area contributed by atoms with Gasteiger partial charge in [-0.1, -0.05) is 43.1 Å². The van der Waals surface area contributed by atoms with Crippen molar-refractivity contribution in [3.8, 4) is 11.8 Å². The monoisotopic (exact) mass is 557 g/mol. The van der Waals surface area contributed by atoms with Crippen LogP contribution in [0.2, 0.25) is 10.0 Å². The van der Waals surface area contributed by atoms with Gasteiger partial charge in [-0.15, -0.1) is 11.6 Å². The van der Waals surface area contributed by atoms with Gasteiger partial charge in [0.1, 0.15) is 18.2 Å². The standard InChI is InChI=1S/C24H26Cl3N3O4S/c1-23(2,17-11-18(26)21(19(27)12-17)34-9-8-25)16-6-7-20(15(10-16)13-28)29-14-30(35(5,32)33)24(3,4)22(29)31/h6-7,10-12H,8-9,14H2,1-5H3. The van der Waals surface area contributed by atoms with E-state index >= 15 is 0 Å². The highest BCUT2D eigenvalue weighted by Crippen LogP contribution is 2.42. The third-order valence-corrected chi connectivity index (χ3v) is 8.32. The summed E-state index contributed by atoms with van der Waals surface area (Å²) < 4.78 is 31.2. The number of carbonyl (C=O) groups excluding carboxylic acids is 1. The van der Waals surface area contributed by atoms with Crippen LogP contribution in [0.1, 0.15) is 44.4 Å². The van der Waals surface area contributed by atoms with Gasteiger partial charge in [0.2, 0.25) is 15.9 Å². The molecule has 2 aromatic rings. The number of sulfonamides is 1. The lowest BCUT2D eigenvalue weighted by Crippen LogP contribution is -2.46. The summed E-state index contributed by atoms with van der Waals surface area (Å²) in [5.41, 5.74) is 0.287. The smallest absolute Gasteiger partial charge is 0.249 e. The number of nitrogens with zero attached hydrogens (tertiary/aromatic N) is 3. The van der Waals surface area contributed by atoms with Crippen molar-refractivity contribution in [2.75, 3.05) is 30.3 Å². The highest BCUT2D eigenvalue weighted by atomic mass is 35.5. The SMILES string of the molecule is CC(C)(c1cc(Cl)c(OCCCl)c(Cl)c1)c1ccc(N2CN(S(C)(=O)=O)C(C)(C)C2=O)c(C#N)c1. The Labute approximate surface area is 221 Å². The van der Waals surface area contributed by atoms with Gasteiger partial charge in [0.25, 0.3) is 0 Å². The topological polar surface area (TPSA) is 90.7 Å². The largest absolute Gasteiger partial charge is 0.489 e. The van der Waals surface area contributed by atoms with Crippen molar-refractivity contribution < 1.29 is 17.9 Å². The van der Waals surface area contributed by atoms with Crippen molar-refractivity contribution in [1.82, 2.24) is 4.31 Å². The molecule has 0 spiro atoms. The average molecular weight is 559 g/mol. The van der Waals surface area contributed by atoms with Crippen molar-refractivity contribution in [2.24, 2.45) is 0 Å². The summed E-state index contributed by atoms with van der Waals surface area (Å²) in [6, 6.07) is 10.8. The summed E-state index contributed by atoms with van der Waals surface area (Å²) in [5, 5.41) is 10.6. The minimum atomic E-state index is -3.64. The van der Waals surface area contributed by atoms with Crippen LogP contribution in [0.4, 0.5) is 5.69 Å². The molecule has 0 radical (unpaired) electrons. The zero-order valence-electron chi connectivity index (χ0n) is 20.0. The maximum atomic E-state index is 13.1. The van der Waals surface area contributed by atoms with Crippen LogP contribution in [0.15, 0.2) is 30.3 Å². The zero-order valence-corrected chi connectivity index (χ0v) is 23.1. The summed E-state index contributed by atoms with van der Waals surface area (Å²) in [4.78, 5) is 14.4. The molecule has 1 amide bonds. The fraction of sp³-hybridized carbons (Fsp3) is 0.417. The fourth-order valence-corrected chi connectivity index (χ4v) is 6.03. The molecule has 11 heteroatoms. The van der Waals surface area contributed by atoms with Gasteiger partial charge >= 0.3 is 0 Å². The second-order valence-corrected chi connectivity index (χ2v) is 12.4. The third-order valence-electron chi connectivity index (χ3n) is 6.24. The molecule has 3 rings (SSSR count). The maximum absolute atomic E-state index is 13.1. The fourth-order valence-electron chi connectivity index (χ4n) is 4.13. The second-order valence-electron chi connectivity index (χ2n) is 9.32. The van der Waals surface area contributed by atoms with E-state index in [9.17, 15) is 18.5 Å². The van der Waals surface area contributed by atoms with Gasteiger partial charge in [-0.3, -0.25) is 9.69 Å². The zero-order chi connectivity index (χ0) is 26.3. The Morgan fingerprint density at radius 2 is 1.74 bits per heavy atom. The second kappa shape index (κ2) is 9.79. The molecule has 1 fully saturated rings. The number of hydrogen-bond donors (Lipinski definition) is 0. The molecule has 0 unspecified atom stereocenters. The number of carbonyl (C=O) groups is 1. The number of nitriles is 1. The summed E-state index contributed by atoms with van der Waals surface area (Å²) in [7, 11) is -3.64. The number of alkyl halides is 1. The molecule has 0 atom stereocenters. The average Bonchev–Trinajstić information content (AvgIpc) is 3.01. The molecule has 2 aromatic carbocycles. The van der Waals surface area contributed by atoms with Crippen molar-refractivity contribution in [2.45, 2.75) is 38.6 Å². The van der Waals surface area contributed by atoms with E-state index in [2.05, 4.69) is 6.07 Å². The summed E-state index contributed by atoms with van der Waals surface area (Å²) >= 11 is 18.5. The summed E-state index contributed by atoms with van der Waals surface area (Å²) in [6.45, 7) is 7.11. The number of benzene rings is 2. The molecule has 35 heavy (non-hydrogen) atoms. The molecule has 188 valence electrons. The Morgan fingerprint density at radius 1 is 1.14 bits per heavy atom. The number of hydrogen-bond acceptors (Lipinski definition) is 5. The number of halogens is 3. The Morgan fingerprint density at radius 3 is 2.23 bits per heavy atom. The van der Waals surface area contributed by atoms with Gasteiger partial charge in [0.05, 0.1) is 40.1 Å². The first-order valence-corrected chi connectivity index (χ1v) is 13.8. The lowest BCUT2D eigenvalue weighted by Gasteiger charge is -2.28. The van der Waals surface area contributed by atoms with Gasteiger partial charge in [0, 0.05) is 5.41 Å². The molecule has 1 saturated heterocycles. The normalized spacial score (nSPS) is 16.4. The van der Waals surface area contributed by atoms with Crippen molar-refractivity contribution in [1.29, 1.82) is 5.26 Å². The van der Waals surface area contributed by atoms with Crippen LogP contribution in [0.25, 0.3) is 0 Å². The molecule has 0 bridgehead atoms. The first-order valence-electron chi connectivity index (χ1n) is 10.7. The maximum Gasteiger partial charge on any atom is 0.249 e. The molecule has 1 aliphatic heterocycles. The van der Waals surface area contributed by atoms with Gasteiger partial charge in [-0.25, -0.2) is 8.42 Å². The molecule has 0 aliphatic carbocycles. The number of amides is 1. The van der Waals surface area contributed by atoms with Gasteiger partial charge in [-0.2, -0.15) is 9.57 Å². The van der Waals surface area contributed by atoms with Crippen LogP contribution in [-0.2, 0) is 20.2 Å². The van der Waals surface area contributed by atoms with E-state index in [1.54, 1.807) is 44.2 Å². The lowest BCUT2D eigenvalue weighted by atomic mass is 9.77. The Balaban J connectivity index is 2.03. The summed E-state index contributed by atoms with van der Waals surface area (Å²) in [6.07, 6.45) is 1.06. The third kappa shape index (κ3) is 5.11. The van der Waals surface area contributed by atoms with E-state index in [0.29, 0.717) is 27.4 Å². The van der Waals surface area contributed by atoms with Gasteiger partial charge in [0.15, 0.2) is 5.75 Å². The Hall–Kier alpha value is -2.02. The first-order chi connectivity index (χ1) is 16.2. The van der Waals surface area contributed by atoms with Crippen LogP contribution in [-0.4, -0.2) is 49.6 Å². The molecule has 0 N–H and O–H groups in total. The molecular formula is C24H26Cl3N3O4S. The van der Waals surface area contributed by atoms with E-state index in [-0.39, 0.29) is 18.8 Å². The highest BCUT2D eigenvalue weighted by molar-refractivity contribution is 7.88. The first kappa shape index (κ1) is 27.6. The van der Waals surface area contributed by atoms with Crippen molar-refractivity contribution in [3.05, 3.63) is 57.1 Å². The van der Waals surface area contributed by atoms with E-state index in [4.69, 9.17) is 39.5 Å². The van der Waals surface area contributed by atoms with Crippen molar-refractivity contribution >= 4 is 56.4 Å². The Kier molecular flexibility index (Phi) is 7.71. The van der Waals surface area contributed by atoms with Gasteiger partial charge < -0.3 is 4.74 Å². The number of anilines is 1. The van der Waals surface area contributed by atoms with Crippen LogP contribution >= 0.6 is 34.8 Å². The predicted octanol–water partition coefficient (Wildman–Crippen LogP) is 5.15. The van der Waals surface area contributed by atoms with Crippen molar-refractivity contribution in [3.63, 3.8) is 0 Å². The molecule has 0 saturated carbocycles. The van der Waals surface area contributed by atoms with E-state index in [1.807, 2.05) is 13.8 Å². The molecule has 7 nitrogen and oxygen atoms in total. The molecule has 1 heterocycles. The highest BCUT2D eigenvalue weighted by Gasteiger charge is 2.50. The lowest BCUT2D eigenvalue weighted by molar-refractivity contribution is -0.122. The van der Waals surface area contributed by atoms with Crippen LogP contribution < -0.4 is 9.64 Å². The number of ether oxygens (including phenoxy) is 1.